The zero-order valence-corrected chi connectivity index (χ0v) is 29.1. The summed E-state index contributed by atoms with van der Waals surface area (Å²) in [6, 6.07) is 9.75. The lowest BCUT2D eigenvalue weighted by Gasteiger charge is -2.47. The summed E-state index contributed by atoms with van der Waals surface area (Å²) in [4.78, 5) is 12.8. The largest absolute Gasteiger partial charge is 0.369 e. The van der Waals surface area contributed by atoms with Crippen molar-refractivity contribution in [2.24, 2.45) is 33.8 Å². The van der Waals surface area contributed by atoms with E-state index in [0.717, 1.165) is 6.42 Å². The van der Waals surface area contributed by atoms with Gasteiger partial charge >= 0.3 is 0 Å². The lowest BCUT2D eigenvalue weighted by atomic mass is 9.56. The lowest BCUT2D eigenvalue weighted by molar-refractivity contribution is -0.129. The normalized spacial score (nSPS) is 15.7. The average Bonchev–Trinajstić information content (AvgIpc) is 2.83. The van der Waals surface area contributed by atoms with Crippen LogP contribution in [0.5, 0.6) is 0 Å². The molecule has 0 radical (unpaired) electrons. The maximum absolute atomic E-state index is 12.8. The first kappa shape index (κ1) is 36.1. The van der Waals surface area contributed by atoms with Gasteiger partial charge in [0.2, 0.25) is 5.91 Å². The Kier molecular flexibility index (Phi) is 14.3. The van der Waals surface area contributed by atoms with Crippen molar-refractivity contribution in [3.05, 3.63) is 35.4 Å². The molecule has 0 aromatic heterocycles. The Hall–Kier alpha value is -0.880. The molecular weight excluding hydrogens is 493 g/mol. The van der Waals surface area contributed by atoms with Crippen molar-refractivity contribution in [3.8, 4) is 0 Å². The third-order valence-corrected chi connectivity index (χ3v) is 14.3. The van der Waals surface area contributed by atoms with Crippen molar-refractivity contribution < 1.29 is 4.79 Å². The molecule has 1 aromatic rings. The van der Waals surface area contributed by atoms with Crippen molar-refractivity contribution in [1.82, 2.24) is 0 Å². The standard InChI is InChI=1S/C36H66NOP/c1-13-16-23-39(24-17-14-2,25-18-15-3)27-29-19-21-30(22-20-29)32(35(8,9)10)28(4)36(11,12)31(33(37)38)26-34(5,6)7/h19-22,28,31-32H,13-18,23-27H2,1-12H3,(H-,37,38)/p+1. The Morgan fingerprint density at radius 1 is 0.795 bits per heavy atom. The Labute approximate surface area is 245 Å². The highest BCUT2D eigenvalue weighted by molar-refractivity contribution is 7.75. The fourth-order valence-electron chi connectivity index (χ4n) is 6.90. The first-order valence-electron chi connectivity index (χ1n) is 16.2. The number of carbonyl (C=O) groups excluding carboxylic acids is 1. The number of carbonyl (C=O) groups is 1. The Morgan fingerprint density at radius 3 is 1.56 bits per heavy atom. The van der Waals surface area contributed by atoms with Gasteiger partial charge in [-0.25, -0.2) is 0 Å². The zero-order chi connectivity index (χ0) is 30.1. The lowest BCUT2D eigenvalue weighted by Crippen LogP contribution is -2.45. The predicted octanol–water partition coefficient (Wildman–Crippen LogP) is 10.9. The predicted molar refractivity (Wildman–Crippen MR) is 178 cm³/mol. The monoisotopic (exact) mass is 560 g/mol. The van der Waals surface area contributed by atoms with Crippen LogP contribution in [0.25, 0.3) is 0 Å². The van der Waals surface area contributed by atoms with E-state index in [-0.39, 0.29) is 28.1 Å². The van der Waals surface area contributed by atoms with Crippen LogP contribution in [0.15, 0.2) is 24.3 Å². The molecule has 0 aliphatic carbocycles. The van der Waals surface area contributed by atoms with E-state index in [9.17, 15) is 4.79 Å². The second-order valence-corrected chi connectivity index (χ2v) is 20.0. The molecule has 3 unspecified atom stereocenters. The number of hydrogen-bond donors (Lipinski definition) is 1. The molecular formula is C36H67NOP+. The summed E-state index contributed by atoms with van der Waals surface area (Å²) < 4.78 is 0. The van der Waals surface area contributed by atoms with Crippen LogP contribution in [0.2, 0.25) is 0 Å². The van der Waals surface area contributed by atoms with Gasteiger partial charge < -0.3 is 5.73 Å². The highest BCUT2D eigenvalue weighted by Gasteiger charge is 2.46. The van der Waals surface area contributed by atoms with Crippen LogP contribution < -0.4 is 5.73 Å². The number of nitrogens with two attached hydrogens (primary N) is 1. The number of benzene rings is 1. The molecule has 1 aromatic carbocycles. The molecule has 3 atom stereocenters. The Balaban J connectivity index is 3.40. The van der Waals surface area contributed by atoms with Crippen LogP contribution >= 0.6 is 7.26 Å². The summed E-state index contributed by atoms with van der Waals surface area (Å²) in [5.74, 6) is 0.325. The molecule has 0 saturated carbocycles. The number of amides is 1. The Bertz CT molecular complexity index is 821. The SMILES string of the molecule is CCCC[P+](CCCC)(CCCC)Cc1ccc(C(C(C)C(C)(C)C(CC(C)(C)C)C(N)=O)C(C)(C)C)cc1. The van der Waals surface area contributed by atoms with Crippen LogP contribution in [0.4, 0.5) is 0 Å². The van der Waals surface area contributed by atoms with Crippen molar-refractivity contribution in [2.45, 2.75) is 140 Å². The van der Waals surface area contributed by atoms with Gasteiger partial charge in [0.1, 0.15) is 0 Å². The molecule has 0 aliphatic rings. The minimum Gasteiger partial charge on any atom is -0.369 e. The minimum absolute atomic E-state index is 0.0541. The number of unbranched alkanes of at least 4 members (excludes halogenated alkanes) is 3. The molecule has 0 bridgehead atoms. The third kappa shape index (κ3) is 11.1. The third-order valence-electron chi connectivity index (χ3n) is 9.48. The van der Waals surface area contributed by atoms with Crippen molar-refractivity contribution in [1.29, 1.82) is 0 Å². The number of rotatable bonds is 17. The molecule has 3 heteroatoms. The summed E-state index contributed by atoms with van der Waals surface area (Å²) in [5.41, 5.74) is 8.92. The molecule has 0 spiro atoms. The van der Waals surface area contributed by atoms with Crippen LogP contribution in [-0.4, -0.2) is 24.4 Å². The van der Waals surface area contributed by atoms with Gasteiger partial charge in [-0.3, -0.25) is 4.79 Å². The van der Waals surface area contributed by atoms with Crippen molar-refractivity contribution >= 4 is 13.2 Å². The van der Waals surface area contributed by atoms with Crippen LogP contribution in [0.3, 0.4) is 0 Å². The van der Waals surface area contributed by atoms with E-state index >= 15 is 0 Å². The van der Waals surface area contributed by atoms with E-state index in [1.54, 1.807) is 0 Å². The minimum atomic E-state index is -0.980. The van der Waals surface area contributed by atoms with Crippen molar-refractivity contribution in [3.63, 3.8) is 0 Å². The quantitative estimate of drug-likeness (QED) is 0.189. The van der Waals surface area contributed by atoms with E-state index in [4.69, 9.17) is 5.73 Å². The molecule has 226 valence electrons. The molecule has 0 aliphatic heterocycles. The van der Waals surface area contributed by atoms with Gasteiger partial charge in [-0.2, -0.15) is 0 Å². The number of primary amides is 1. The zero-order valence-electron chi connectivity index (χ0n) is 28.3. The van der Waals surface area contributed by atoms with Gasteiger partial charge in [-0.05, 0) is 64.9 Å². The maximum Gasteiger partial charge on any atom is 0.221 e. The molecule has 2 N–H and O–H groups in total. The molecule has 0 heterocycles. The first-order chi connectivity index (χ1) is 17.9. The topological polar surface area (TPSA) is 43.1 Å². The molecule has 2 nitrogen and oxygen atoms in total. The van der Waals surface area contributed by atoms with E-state index in [1.807, 2.05) is 0 Å². The average molecular weight is 561 g/mol. The second-order valence-electron chi connectivity index (χ2n) is 15.6. The van der Waals surface area contributed by atoms with Gasteiger partial charge in [-0.15, -0.1) is 0 Å². The molecule has 0 fully saturated rings. The van der Waals surface area contributed by atoms with Crippen LogP contribution in [0.1, 0.15) is 145 Å². The number of hydrogen-bond acceptors (Lipinski definition) is 1. The second kappa shape index (κ2) is 15.4. The van der Waals surface area contributed by atoms with Gasteiger partial charge in [0.15, 0.2) is 0 Å². The van der Waals surface area contributed by atoms with Crippen LogP contribution in [0, 0.1) is 28.1 Å². The Morgan fingerprint density at radius 2 is 1.23 bits per heavy atom. The first-order valence-corrected chi connectivity index (χ1v) is 18.7. The van der Waals surface area contributed by atoms with E-state index in [1.165, 1.54) is 74.3 Å². The highest BCUT2D eigenvalue weighted by Crippen LogP contribution is 2.63. The summed E-state index contributed by atoms with van der Waals surface area (Å²) in [6.07, 6.45) is 14.6. The van der Waals surface area contributed by atoms with Crippen molar-refractivity contribution in [2.75, 3.05) is 18.5 Å². The van der Waals surface area contributed by atoms with Gasteiger partial charge in [0.25, 0.3) is 0 Å². The van der Waals surface area contributed by atoms with Gasteiger partial charge in [0.05, 0.1) is 24.6 Å². The smallest absolute Gasteiger partial charge is 0.221 e. The van der Waals surface area contributed by atoms with E-state index < -0.39 is 7.26 Å². The maximum atomic E-state index is 12.8. The molecule has 1 rings (SSSR count). The van der Waals surface area contributed by atoms with E-state index in [2.05, 4.69) is 107 Å². The summed E-state index contributed by atoms with van der Waals surface area (Å²) >= 11 is 0. The highest BCUT2D eigenvalue weighted by atomic mass is 31.2. The van der Waals surface area contributed by atoms with E-state index in [0.29, 0.717) is 11.8 Å². The summed E-state index contributed by atoms with van der Waals surface area (Å²) in [7, 11) is -0.980. The van der Waals surface area contributed by atoms with Crippen LogP contribution in [-0.2, 0) is 11.0 Å². The van der Waals surface area contributed by atoms with Gasteiger partial charge in [0, 0.05) is 13.2 Å². The summed E-state index contributed by atoms with van der Waals surface area (Å²) in [5, 5.41) is 0. The molecule has 0 saturated heterocycles. The van der Waals surface area contributed by atoms with Gasteiger partial charge in [-0.1, -0.05) is 127 Å². The fraction of sp³-hybridized carbons (Fsp3) is 0.806. The fourth-order valence-corrected chi connectivity index (χ4v) is 12.0. The molecule has 39 heavy (non-hydrogen) atoms. The molecule has 1 amide bonds. The summed E-state index contributed by atoms with van der Waals surface area (Å²) in [6.45, 7) is 27.7.